The summed E-state index contributed by atoms with van der Waals surface area (Å²) in [5.41, 5.74) is 4.11. The Labute approximate surface area is 104 Å². The molecule has 0 aliphatic carbocycles. The minimum absolute atomic E-state index is 0.0738. The molecule has 2 aromatic rings. The van der Waals surface area contributed by atoms with Crippen LogP contribution in [0, 0.1) is 0 Å². The number of anilines is 1. The molecule has 3 rings (SSSR count). The van der Waals surface area contributed by atoms with Gasteiger partial charge in [-0.2, -0.15) is 0 Å². The molecule has 0 saturated carbocycles. The van der Waals surface area contributed by atoms with Crippen molar-refractivity contribution in [2.45, 2.75) is 19.8 Å². The van der Waals surface area contributed by atoms with Crippen LogP contribution in [0.3, 0.4) is 0 Å². The van der Waals surface area contributed by atoms with E-state index < -0.39 is 0 Å². The van der Waals surface area contributed by atoms with Crippen molar-refractivity contribution < 1.29 is 4.79 Å². The van der Waals surface area contributed by atoms with Crippen LogP contribution in [0.2, 0.25) is 0 Å². The van der Waals surface area contributed by atoms with E-state index in [2.05, 4.69) is 28.7 Å². The number of nitrogens with zero attached hydrogens (tertiary/aromatic N) is 1. The summed E-state index contributed by atoms with van der Waals surface area (Å²) in [7, 11) is 0. The number of carbonyl (C=O) groups is 1. The van der Waals surface area contributed by atoms with E-state index in [4.69, 9.17) is 0 Å². The highest BCUT2D eigenvalue weighted by atomic mass is 32.1. The van der Waals surface area contributed by atoms with Gasteiger partial charge < -0.3 is 5.32 Å². The second-order valence-electron chi connectivity index (χ2n) is 4.08. The lowest BCUT2D eigenvalue weighted by Gasteiger charge is -2.01. The Morgan fingerprint density at radius 1 is 1.47 bits per heavy atom. The van der Waals surface area contributed by atoms with Gasteiger partial charge in [-0.1, -0.05) is 13.0 Å². The Morgan fingerprint density at radius 2 is 2.35 bits per heavy atom. The van der Waals surface area contributed by atoms with Crippen molar-refractivity contribution in [3.63, 3.8) is 0 Å². The summed E-state index contributed by atoms with van der Waals surface area (Å²) >= 11 is 1.68. The summed E-state index contributed by atoms with van der Waals surface area (Å²) in [4.78, 5) is 15.8. The Morgan fingerprint density at radius 3 is 3.12 bits per heavy atom. The third-order valence-electron chi connectivity index (χ3n) is 2.88. The topological polar surface area (TPSA) is 42.0 Å². The minimum Gasteiger partial charge on any atom is -0.326 e. The molecule has 4 heteroatoms. The summed E-state index contributed by atoms with van der Waals surface area (Å²) < 4.78 is 0. The monoisotopic (exact) mass is 244 g/mol. The van der Waals surface area contributed by atoms with Gasteiger partial charge in [0.15, 0.2) is 0 Å². The van der Waals surface area contributed by atoms with Gasteiger partial charge in [-0.3, -0.25) is 4.79 Å². The predicted molar refractivity (Wildman–Crippen MR) is 69.3 cm³/mol. The van der Waals surface area contributed by atoms with Crippen molar-refractivity contribution in [1.82, 2.24) is 4.98 Å². The van der Waals surface area contributed by atoms with E-state index in [1.165, 1.54) is 0 Å². The smallest absolute Gasteiger partial charge is 0.228 e. The zero-order chi connectivity index (χ0) is 11.8. The van der Waals surface area contributed by atoms with Crippen LogP contribution in [0.1, 0.15) is 17.5 Å². The highest BCUT2D eigenvalue weighted by molar-refractivity contribution is 7.09. The molecule has 0 bridgehead atoms. The van der Waals surface area contributed by atoms with Gasteiger partial charge in [0.2, 0.25) is 5.91 Å². The van der Waals surface area contributed by atoms with E-state index in [1.807, 2.05) is 12.1 Å². The number of thiazole rings is 1. The fraction of sp³-hybridized carbons (Fsp3) is 0.231. The van der Waals surface area contributed by atoms with Crippen molar-refractivity contribution in [3.8, 4) is 11.3 Å². The van der Waals surface area contributed by atoms with Crippen LogP contribution >= 0.6 is 11.3 Å². The number of nitrogens with one attached hydrogen (secondary N) is 1. The molecule has 0 saturated heterocycles. The number of amides is 1. The molecule has 1 aliphatic rings. The standard InChI is InChI=1S/C13H12N2OS/c1-2-13-15-11(7-17-13)8-3-4-10-9(5-8)6-12(16)14-10/h3-5,7H,2,6H2,1H3,(H,14,16). The van der Waals surface area contributed by atoms with Gasteiger partial charge >= 0.3 is 0 Å². The molecule has 3 nitrogen and oxygen atoms in total. The first kappa shape index (κ1) is 10.5. The summed E-state index contributed by atoms with van der Waals surface area (Å²) in [6.07, 6.45) is 1.45. The molecule has 1 N–H and O–H groups in total. The minimum atomic E-state index is 0.0738. The first-order valence-electron chi connectivity index (χ1n) is 5.64. The Balaban J connectivity index is 1.99. The highest BCUT2D eigenvalue weighted by Gasteiger charge is 2.18. The molecule has 0 unspecified atom stereocenters. The average molecular weight is 244 g/mol. The number of aromatic nitrogens is 1. The number of benzene rings is 1. The van der Waals surface area contributed by atoms with Gasteiger partial charge in [0, 0.05) is 16.6 Å². The quantitative estimate of drug-likeness (QED) is 0.882. The molecule has 0 radical (unpaired) electrons. The highest BCUT2D eigenvalue weighted by Crippen LogP contribution is 2.29. The van der Waals surface area contributed by atoms with Crippen LogP contribution in [0.5, 0.6) is 0 Å². The second kappa shape index (κ2) is 3.96. The van der Waals surface area contributed by atoms with Crippen LogP contribution in [-0.4, -0.2) is 10.9 Å². The summed E-state index contributed by atoms with van der Waals surface area (Å²) in [5.74, 6) is 0.0738. The molecular weight excluding hydrogens is 232 g/mol. The van der Waals surface area contributed by atoms with E-state index in [1.54, 1.807) is 11.3 Å². The lowest BCUT2D eigenvalue weighted by atomic mass is 10.1. The normalized spacial score (nSPS) is 13.6. The van der Waals surface area contributed by atoms with E-state index in [-0.39, 0.29) is 5.91 Å². The van der Waals surface area contributed by atoms with Gasteiger partial charge in [0.1, 0.15) is 0 Å². The van der Waals surface area contributed by atoms with Gasteiger partial charge in [-0.15, -0.1) is 11.3 Å². The first-order valence-corrected chi connectivity index (χ1v) is 6.52. The molecule has 1 amide bonds. The molecule has 0 spiro atoms. The van der Waals surface area contributed by atoms with Gasteiger partial charge in [0.05, 0.1) is 17.1 Å². The van der Waals surface area contributed by atoms with Crippen LogP contribution in [0.15, 0.2) is 23.6 Å². The second-order valence-corrected chi connectivity index (χ2v) is 5.02. The molecule has 0 fully saturated rings. The Kier molecular flexibility index (Phi) is 2.44. The van der Waals surface area contributed by atoms with Gasteiger partial charge in [-0.05, 0) is 24.1 Å². The third kappa shape index (κ3) is 1.85. The molecule has 0 atom stereocenters. The summed E-state index contributed by atoms with van der Waals surface area (Å²) in [6.45, 7) is 2.11. The zero-order valence-corrected chi connectivity index (χ0v) is 10.3. The van der Waals surface area contributed by atoms with Gasteiger partial charge in [0.25, 0.3) is 0 Å². The third-order valence-corrected chi connectivity index (χ3v) is 3.87. The average Bonchev–Trinajstić information content (AvgIpc) is 2.92. The first-order chi connectivity index (χ1) is 8.26. The Hall–Kier alpha value is -1.68. The number of hydrogen-bond donors (Lipinski definition) is 1. The fourth-order valence-corrected chi connectivity index (χ4v) is 2.75. The molecular formula is C13H12N2OS. The lowest BCUT2D eigenvalue weighted by molar-refractivity contribution is -0.115. The molecule has 86 valence electrons. The molecule has 1 aromatic carbocycles. The van der Waals surface area contributed by atoms with Crippen LogP contribution < -0.4 is 5.32 Å². The van der Waals surface area contributed by atoms with Crippen molar-refractivity contribution in [3.05, 3.63) is 34.2 Å². The van der Waals surface area contributed by atoms with Crippen molar-refractivity contribution >= 4 is 22.9 Å². The largest absolute Gasteiger partial charge is 0.326 e. The van der Waals surface area contributed by atoms with E-state index in [0.29, 0.717) is 6.42 Å². The maximum Gasteiger partial charge on any atom is 0.228 e. The SMILES string of the molecule is CCc1nc(-c2ccc3c(c2)CC(=O)N3)cs1. The summed E-state index contributed by atoms with van der Waals surface area (Å²) in [5, 5.41) is 6.06. The van der Waals surface area contributed by atoms with E-state index >= 15 is 0 Å². The molecule has 1 aliphatic heterocycles. The maximum atomic E-state index is 11.3. The lowest BCUT2D eigenvalue weighted by Crippen LogP contribution is -2.03. The molecule has 2 heterocycles. The fourth-order valence-electron chi connectivity index (χ4n) is 1.99. The number of rotatable bonds is 2. The summed E-state index contributed by atoms with van der Waals surface area (Å²) in [6, 6.07) is 6.03. The number of aryl methyl sites for hydroxylation is 1. The number of carbonyl (C=O) groups excluding carboxylic acids is 1. The van der Waals surface area contributed by atoms with Crippen molar-refractivity contribution in [2.24, 2.45) is 0 Å². The van der Waals surface area contributed by atoms with Crippen LogP contribution in [0.4, 0.5) is 5.69 Å². The van der Waals surface area contributed by atoms with Crippen molar-refractivity contribution in [1.29, 1.82) is 0 Å². The zero-order valence-electron chi connectivity index (χ0n) is 9.49. The molecule has 1 aromatic heterocycles. The van der Waals surface area contributed by atoms with E-state index in [0.717, 1.165) is 33.9 Å². The van der Waals surface area contributed by atoms with E-state index in [9.17, 15) is 4.79 Å². The number of fused-ring (bicyclic) bond motifs is 1. The van der Waals surface area contributed by atoms with Crippen LogP contribution in [0.25, 0.3) is 11.3 Å². The predicted octanol–water partition coefficient (Wildman–Crippen LogP) is 2.87. The van der Waals surface area contributed by atoms with Gasteiger partial charge in [-0.25, -0.2) is 4.98 Å². The maximum absolute atomic E-state index is 11.3. The Bertz CT molecular complexity index is 589. The molecule has 17 heavy (non-hydrogen) atoms. The van der Waals surface area contributed by atoms with Crippen molar-refractivity contribution in [2.75, 3.05) is 5.32 Å². The van der Waals surface area contributed by atoms with Crippen LogP contribution in [-0.2, 0) is 17.6 Å². The number of hydrogen-bond acceptors (Lipinski definition) is 3.